The zero-order valence-corrected chi connectivity index (χ0v) is 13.3. The summed E-state index contributed by atoms with van der Waals surface area (Å²) in [6, 6.07) is 0. The number of likely N-dealkylation sites (N-methyl/N-ethyl adjacent to an activating group) is 1. The lowest BCUT2D eigenvalue weighted by atomic mass is 10.3. The van der Waals surface area contributed by atoms with Gasteiger partial charge in [0.15, 0.2) is 0 Å². The van der Waals surface area contributed by atoms with E-state index >= 15 is 0 Å². The maximum atomic E-state index is 5.89. The minimum atomic E-state index is 0. The van der Waals surface area contributed by atoms with E-state index in [9.17, 15) is 0 Å². The predicted octanol–water partition coefficient (Wildman–Crippen LogP) is 0.732. The second kappa shape index (κ2) is 8.14. The molecule has 0 saturated heterocycles. The Hall–Kier alpha value is 0.950. The highest BCUT2D eigenvalue weighted by Crippen LogP contribution is 2.18. The van der Waals surface area contributed by atoms with Crippen molar-refractivity contribution in [2.45, 2.75) is 26.7 Å². The Morgan fingerprint density at radius 1 is 1.36 bits per heavy atom. The van der Waals surface area contributed by atoms with Gasteiger partial charge in [-0.2, -0.15) is 0 Å². The second-order valence-corrected chi connectivity index (χ2v) is 5.63. The van der Waals surface area contributed by atoms with E-state index < -0.39 is 0 Å². The molecule has 4 heteroatoms. The van der Waals surface area contributed by atoms with Crippen LogP contribution in [0.3, 0.4) is 0 Å². The largest absolute Gasteiger partial charge is 1.00 e. The van der Waals surface area contributed by atoms with Crippen molar-refractivity contribution in [3.8, 4) is 0 Å². The minimum absolute atomic E-state index is 0. The molecule has 0 rings (SSSR count). The maximum absolute atomic E-state index is 5.89. The summed E-state index contributed by atoms with van der Waals surface area (Å²) in [5, 5.41) is 0.864. The summed E-state index contributed by atoms with van der Waals surface area (Å²) >= 11 is 9.39. The lowest BCUT2D eigenvalue weighted by Crippen LogP contribution is -3.00. The smallest absolute Gasteiger partial charge is 0.112 e. The third-order valence-corrected chi connectivity index (χ3v) is 3.36. The van der Waals surface area contributed by atoms with Gasteiger partial charge in [-0.05, 0) is 29.3 Å². The molecule has 0 heterocycles. The van der Waals surface area contributed by atoms with Crippen molar-refractivity contribution in [3.05, 3.63) is 9.51 Å². The Kier molecular flexibility index (Phi) is 10.1. The van der Waals surface area contributed by atoms with Crippen LogP contribution in [0, 0.1) is 0 Å². The van der Waals surface area contributed by atoms with E-state index in [-0.39, 0.29) is 17.0 Å². The molecule has 86 valence electrons. The van der Waals surface area contributed by atoms with E-state index in [1.165, 1.54) is 19.4 Å². The van der Waals surface area contributed by atoms with E-state index in [0.717, 1.165) is 20.5 Å². The van der Waals surface area contributed by atoms with Gasteiger partial charge in [0.2, 0.25) is 0 Å². The lowest BCUT2D eigenvalue weighted by Gasteiger charge is -2.29. The van der Waals surface area contributed by atoms with Crippen molar-refractivity contribution in [2.75, 3.05) is 27.2 Å². The zero-order chi connectivity index (χ0) is 10.5. The van der Waals surface area contributed by atoms with E-state index in [0.29, 0.717) is 0 Å². The Labute approximate surface area is 112 Å². The average molecular weight is 350 g/mol. The first kappa shape index (κ1) is 17.3. The third kappa shape index (κ3) is 8.27. The Balaban J connectivity index is 0. The van der Waals surface area contributed by atoms with Gasteiger partial charge in [-0.15, -0.1) is 0 Å². The first-order chi connectivity index (χ1) is 5.89. The normalized spacial score (nSPS) is 13.3. The zero-order valence-electron chi connectivity index (χ0n) is 9.41. The molecule has 0 spiro atoms. The van der Waals surface area contributed by atoms with Crippen LogP contribution in [0.15, 0.2) is 9.51 Å². The van der Waals surface area contributed by atoms with Crippen molar-refractivity contribution in [3.63, 3.8) is 0 Å². The number of nitrogens with zero attached hydrogens (tertiary/aromatic N) is 1. The van der Waals surface area contributed by atoms with Crippen LogP contribution in [0.5, 0.6) is 0 Å². The fourth-order valence-electron chi connectivity index (χ4n) is 1.15. The van der Waals surface area contributed by atoms with E-state index in [1.54, 1.807) is 0 Å². The van der Waals surface area contributed by atoms with Crippen LogP contribution < -0.4 is 17.0 Å². The highest BCUT2D eigenvalue weighted by atomic mass is 79.9. The van der Waals surface area contributed by atoms with Crippen LogP contribution in [0.4, 0.5) is 0 Å². The average Bonchev–Trinajstić information content (AvgIpc) is 2.00. The molecule has 0 unspecified atom stereocenters. The number of hydrogen-bond donors (Lipinski definition) is 0. The summed E-state index contributed by atoms with van der Waals surface area (Å²) in [5.74, 6) is 0. The summed E-state index contributed by atoms with van der Waals surface area (Å²) in [4.78, 5) is 0. The van der Waals surface area contributed by atoms with Gasteiger partial charge in [0.1, 0.15) is 6.54 Å². The highest BCUT2D eigenvalue weighted by molar-refractivity contribution is 9.11. The third-order valence-electron chi connectivity index (χ3n) is 2.06. The number of hydrogen-bond acceptors (Lipinski definition) is 0. The summed E-state index contributed by atoms with van der Waals surface area (Å²) in [5.41, 5.74) is 0. The number of quaternary nitrogens is 1. The molecule has 0 amide bonds. The Morgan fingerprint density at radius 3 is 2.21 bits per heavy atom. The van der Waals surface area contributed by atoms with E-state index in [2.05, 4.69) is 36.9 Å². The first-order valence-electron chi connectivity index (χ1n) is 4.72. The summed E-state index contributed by atoms with van der Waals surface area (Å²) < 4.78 is 2.12. The molecule has 0 radical (unpaired) electrons. The van der Waals surface area contributed by atoms with Gasteiger partial charge in [0, 0.05) is 5.03 Å². The van der Waals surface area contributed by atoms with Crippen molar-refractivity contribution in [1.29, 1.82) is 0 Å². The molecule has 0 aliphatic heterocycles. The SMILES string of the molecule is CCCC[N+](C)(C)C/C(Br)=C(/C)Cl.[Br-]. The van der Waals surface area contributed by atoms with Crippen LogP contribution >= 0.6 is 27.5 Å². The minimum Gasteiger partial charge on any atom is -1.00 e. The van der Waals surface area contributed by atoms with E-state index in [1.807, 2.05) is 6.92 Å². The van der Waals surface area contributed by atoms with Crippen LogP contribution in [-0.2, 0) is 0 Å². The van der Waals surface area contributed by atoms with E-state index in [4.69, 9.17) is 11.6 Å². The molecule has 0 aromatic rings. The highest BCUT2D eigenvalue weighted by Gasteiger charge is 2.16. The lowest BCUT2D eigenvalue weighted by molar-refractivity contribution is -0.885. The molecule has 0 bridgehead atoms. The topological polar surface area (TPSA) is 0 Å². The van der Waals surface area contributed by atoms with Crippen molar-refractivity contribution in [2.24, 2.45) is 0 Å². The number of allylic oxidation sites excluding steroid dienone is 1. The predicted molar refractivity (Wildman–Crippen MR) is 64.2 cm³/mol. The summed E-state index contributed by atoms with van der Waals surface area (Å²) in [7, 11) is 4.47. The molecule has 0 aromatic heterocycles. The number of halogens is 3. The summed E-state index contributed by atoms with van der Waals surface area (Å²) in [6.07, 6.45) is 2.53. The van der Waals surface area contributed by atoms with Gasteiger partial charge in [-0.1, -0.05) is 24.9 Å². The van der Waals surface area contributed by atoms with Crippen molar-refractivity contribution < 1.29 is 21.5 Å². The van der Waals surface area contributed by atoms with Gasteiger partial charge < -0.3 is 21.5 Å². The quantitative estimate of drug-likeness (QED) is 0.642. The molecule has 0 saturated carbocycles. The van der Waals surface area contributed by atoms with Gasteiger partial charge >= 0.3 is 0 Å². The van der Waals surface area contributed by atoms with Crippen LogP contribution in [0.25, 0.3) is 0 Å². The van der Waals surface area contributed by atoms with Crippen molar-refractivity contribution in [1.82, 2.24) is 0 Å². The van der Waals surface area contributed by atoms with Gasteiger partial charge in [-0.25, -0.2) is 0 Å². The molecule has 1 nitrogen and oxygen atoms in total. The van der Waals surface area contributed by atoms with Gasteiger partial charge in [0.25, 0.3) is 0 Å². The molecule has 14 heavy (non-hydrogen) atoms. The van der Waals surface area contributed by atoms with Crippen LogP contribution in [0.1, 0.15) is 26.7 Å². The molecular weight excluding hydrogens is 329 g/mol. The second-order valence-electron chi connectivity index (χ2n) is 4.11. The Bertz CT molecular complexity index is 187. The Morgan fingerprint density at radius 2 is 1.86 bits per heavy atom. The fraction of sp³-hybridized carbons (Fsp3) is 0.800. The maximum Gasteiger partial charge on any atom is 0.112 e. The standard InChI is InChI=1S/C10H20BrClN.BrH/c1-5-6-7-13(3,4)8-10(11)9(2)12;/h5-8H2,1-4H3;1H/q+1;/p-1/b10-9+;. The first-order valence-corrected chi connectivity index (χ1v) is 5.89. The summed E-state index contributed by atoms with van der Waals surface area (Å²) in [6.45, 7) is 6.33. The van der Waals surface area contributed by atoms with Crippen molar-refractivity contribution >= 4 is 27.5 Å². The van der Waals surface area contributed by atoms with Gasteiger partial charge in [-0.3, -0.25) is 0 Å². The molecule has 0 fully saturated rings. The molecule has 0 N–H and O–H groups in total. The molecule has 0 aromatic carbocycles. The fourth-order valence-corrected chi connectivity index (χ4v) is 1.89. The van der Waals surface area contributed by atoms with Gasteiger partial charge in [0.05, 0.1) is 25.1 Å². The van der Waals surface area contributed by atoms with Crippen LogP contribution in [0.2, 0.25) is 0 Å². The molecule has 0 aliphatic rings. The number of rotatable bonds is 5. The number of unbranched alkanes of at least 4 members (excludes halogenated alkanes) is 1. The molecule has 0 aliphatic carbocycles. The monoisotopic (exact) mass is 347 g/mol. The van der Waals surface area contributed by atoms with Crippen LogP contribution in [-0.4, -0.2) is 31.7 Å². The molecular formula is C10H20Br2ClN. The molecule has 0 atom stereocenters.